The van der Waals surface area contributed by atoms with Crippen molar-refractivity contribution in [2.45, 2.75) is 26.8 Å². The topological polar surface area (TPSA) is 90.0 Å². The van der Waals surface area contributed by atoms with Crippen LogP contribution in [0, 0.1) is 13.8 Å². The number of aromatic nitrogens is 6. The van der Waals surface area contributed by atoms with E-state index in [9.17, 15) is 4.79 Å². The number of nitrogens with one attached hydrogen (secondary N) is 1. The molecule has 0 fully saturated rings. The van der Waals surface area contributed by atoms with Crippen molar-refractivity contribution in [3.63, 3.8) is 0 Å². The third kappa shape index (κ3) is 2.95. The van der Waals surface area contributed by atoms with Gasteiger partial charge in [-0.15, -0.1) is 5.10 Å². The Morgan fingerprint density at radius 1 is 1.32 bits per heavy atom. The predicted molar refractivity (Wildman–Crippen MR) is 79.0 cm³/mol. The summed E-state index contributed by atoms with van der Waals surface area (Å²) in [6.45, 7) is 4.28. The molecule has 22 heavy (non-hydrogen) atoms. The molecule has 3 aromatic rings. The fraction of sp³-hybridized carbons (Fsp3) is 0.357. The van der Waals surface area contributed by atoms with E-state index in [4.69, 9.17) is 0 Å². The van der Waals surface area contributed by atoms with E-state index in [1.165, 1.54) is 0 Å². The summed E-state index contributed by atoms with van der Waals surface area (Å²) < 4.78 is 3.35. The maximum absolute atomic E-state index is 12.0. The summed E-state index contributed by atoms with van der Waals surface area (Å²) in [5, 5.41) is 11.2. The molecule has 0 aliphatic heterocycles. The summed E-state index contributed by atoms with van der Waals surface area (Å²) in [5.41, 5.74) is 2.77. The van der Waals surface area contributed by atoms with Gasteiger partial charge in [-0.05, 0) is 19.9 Å². The molecular formula is C14H17N7O. The van der Waals surface area contributed by atoms with Crippen LogP contribution in [0.2, 0.25) is 0 Å². The zero-order chi connectivity index (χ0) is 15.7. The van der Waals surface area contributed by atoms with Crippen LogP contribution in [0.1, 0.15) is 22.8 Å². The first-order chi connectivity index (χ1) is 10.5. The van der Waals surface area contributed by atoms with Crippen LogP contribution in [0.15, 0.2) is 18.5 Å². The molecule has 3 aromatic heterocycles. The van der Waals surface area contributed by atoms with Crippen molar-refractivity contribution in [3.05, 3.63) is 41.2 Å². The molecule has 0 unspecified atom stereocenters. The molecule has 0 spiro atoms. The van der Waals surface area contributed by atoms with Gasteiger partial charge in [-0.1, -0.05) is 0 Å². The summed E-state index contributed by atoms with van der Waals surface area (Å²) in [6, 6.07) is 1.92. The van der Waals surface area contributed by atoms with Crippen LogP contribution in [0.3, 0.4) is 0 Å². The minimum absolute atomic E-state index is 0.127. The van der Waals surface area contributed by atoms with E-state index in [0.717, 1.165) is 17.0 Å². The average molecular weight is 299 g/mol. The van der Waals surface area contributed by atoms with Gasteiger partial charge < -0.3 is 5.32 Å². The van der Waals surface area contributed by atoms with Gasteiger partial charge in [-0.3, -0.25) is 9.48 Å². The van der Waals surface area contributed by atoms with E-state index in [2.05, 4.69) is 25.5 Å². The van der Waals surface area contributed by atoms with E-state index in [1.807, 2.05) is 33.2 Å². The number of carbonyl (C=O) groups excluding carboxylic acids is 1. The molecule has 0 aliphatic carbocycles. The molecule has 1 N–H and O–H groups in total. The number of amides is 1. The molecule has 114 valence electrons. The Balaban J connectivity index is 1.67. The lowest BCUT2D eigenvalue weighted by molar-refractivity contribution is -0.120. The standard InChI is InChI=1S/C14H17N7O/c1-9-4-10(2)21-14(17-9)18-12(19-21)5-13(22)15-6-11-7-16-20(3)8-11/h4,7-8H,5-6H2,1-3H3,(H,15,22). The molecular weight excluding hydrogens is 282 g/mol. The Labute approximate surface area is 127 Å². The van der Waals surface area contributed by atoms with E-state index in [0.29, 0.717) is 18.1 Å². The summed E-state index contributed by atoms with van der Waals surface area (Å²) in [6.07, 6.45) is 3.71. The fourth-order valence-corrected chi connectivity index (χ4v) is 2.25. The van der Waals surface area contributed by atoms with Gasteiger partial charge in [0.05, 0.1) is 12.6 Å². The highest BCUT2D eigenvalue weighted by atomic mass is 16.1. The summed E-state index contributed by atoms with van der Waals surface area (Å²) in [5.74, 6) is 0.853. The number of nitrogens with zero attached hydrogens (tertiary/aromatic N) is 6. The summed E-state index contributed by atoms with van der Waals surface area (Å²) in [7, 11) is 1.84. The lowest BCUT2D eigenvalue weighted by atomic mass is 10.3. The first-order valence-electron chi connectivity index (χ1n) is 6.95. The largest absolute Gasteiger partial charge is 0.352 e. The molecule has 3 rings (SSSR count). The Bertz CT molecular complexity index is 833. The maximum atomic E-state index is 12.0. The molecule has 0 bridgehead atoms. The minimum Gasteiger partial charge on any atom is -0.352 e. The van der Waals surface area contributed by atoms with Gasteiger partial charge in [0.25, 0.3) is 5.78 Å². The number of aryl methyl sites for hydroxylation is 3. The summed E-state index contributed by atoms with van der Waals surface area (Å²) in [4.78, 5) is 20.6. The lowest BCUT2D eigenvalue weighted by Gasteiger charge is -2.00. The Morgan fingerprint density at radius 2 is 2.14 bits per heavy atom. The average Bonchev–Trinajstić information content (AvgIpc) is 3.02. The molecule has 0 aromatic carbocycles. The third-order valence-electron chi connectivity index (χ3n) is 3.23. The molecule has 8 nitrogen and oxygen atoms in total. The molecule has 8 heteroatoms. The van der Waals surface area contributed by atoms with Crippen LogP contribution in [0.4, 0.5) is 0 Å². The molecule has 0 radical (unpaired) electrons. The van der Waals surface area contributed by atoms with Crippen LogP contribution in [0.25, 0.3) is 5.78 Å². The van der Waals surface area contributed by atoms with Crippen LogP contribution in [0.5, 0.6) is 0 Å². The van der Waals surface area contributed by atoms with Gasteiger partial charge in [0.1, 0.15) is 0 Å². The molecule has 0 saturated carbocycles. The fourth-order valence-electron chi connectivity index (χ4n) is 2.25. The van der Waals surface area contributed by atoms with Crippen molar-refractivity contribution in [2.24, 2.45) is 7.05 Å². The quantitative estimate of drug-likeness (QED) is 0.750. The highest BCUT2D eigenvalue weighted by molar-refractivity contribution is 5.77. The number of hydrogen-bond donors (Lipinski definition) is 1. The second-order valence-electron chi connectivity index (χ2n) is 5.25. The van der Waals surface area contributed by atoms with Crippen molar-refractivity contribution in [3.8, 4) is 0 Å². The Kier molecular flexibility index (Phi) is 3.58. The summed E-state index contributed by atoms with van der Waals surface area (Å²) >= 11 is 0. The van der Waals surface area contributed by atoms with Crippen molar-refractivity contribution in [1.82, 2.24) is 34.7 Å². The first kappa shape index (κ1) is 14.2. The Hall–Kier alpha value is -2.77. The monoisotopic (exact) mass is 299 g/mol. The first-order valence-corrected chi connectivity index (χ1v) is 6.95. The predicted octanol–water partition coefficient (Wildman–Crippen LogP) is 0.334. The lowest BCUT2D eigenvalue weighted by Crippen LogP contribution is -2.24. The van der Waals surface area contributed by atoms with Crippen LogP contribution < -0.4 is 5.32 Å². The molecule has 0 atom stereocenters. The van der Waals surface area contributed by atoms with Gasteiger partial charge in [0.2, 0.25) is 5.91 Å². The van der Waals surface area contributed by atoms with Crippen LogP contribution in [-0.2, 0) is 24.8 Å². The highest BCUT2D eigenvalue weighted by Gasteiger charge is 2.11. The number of hydrogen-bond acceptors (Lipinski definition) is 5. The van der Waals surface area contributed by atoms with Crippen molar-refractivity contribution < 1.29 is 4.79 Å². The number of rotatable bonds is 4. The highest BCUT2D eigenvalue weighted by Crippen LogP contribution is 2.05. The Morgan fingerprint density at radius 3 is 2.86 bits per heavy atom. The number of fused-ring (bicyclic) bond motifs is 1. The smallest absolute Gasteiger partial charge is 0.252 e. The van der Waals surface area contributed by atoms with Crippen molar-refractivity contribution >= 4 is 11.7 Å². The number of carbonyl (C=O) groups is 1. The van der Waals surface area contributed by atoms with E-state index in [-0.39, 0.29) is 12.3 Å². The van der Waals surface area contributed by atoms with Gasteiger partial charge in [0.15, 0.2) is 5.82 Å². The van der Waals surface area contributed by atoms with Crippen LogP contribution >= 0.6 is 0 Å². The second-order valence-corrected chi connectivity index (χ2v) is 5.25. The third-order valence-corrected chi connectivity index (χ3v) is 3.23. The molecule has 0 aliphatic rings. The van der Waals surface area contributed by atoms with Crippen LogP contribution in [-0.4, -0.2) is 35.3 Å². The van der Waals surface area contributed by atoms with Gasteiger partial charge in [-0.2, -0.15) is 10.1 Å². The normalized spacial score (nSPS) is 11.0. The molecule has 3 heterocycles. The molecule has 0 saturated heterocycles. The van der Waals surface area contributed by atoms with E-state index in [1.54, 1.807) is 15.4 Å². The zero-order valence-electron chi connectivity index (χ0n) is 12.7. The van der Waals surface area contributed by atoms with E-state index < -0.39 is 0 Å². The maximum Gasteiger partial charge on any atom is 0.252 e. The zero-order valence-corrected chi connectivity index (χ0v) is 12.7. The molecule has 1 amide bonds. The van der Waals surface area contributed by atoms with Gasteiger partial charge >= 0.3 is 0 Å². The minimum atomic E-state index is -0.130. The second kappa shape index (κ2) is 5.55. The van der Waals surface area contributed by atoms with Gasteiger partial charge in [-0.25, -0.2) is 9.50 Å². The van der Waals surface area contributed by atoms with Crippen molar-refractivity contribution in [1.29, 1.82) is 0 Å². The van der Waals surface area contributed by atoms with Crippen molar-refractivity contribution in [2.75, 3.05) is 0 Å². The van der Waals surface area contributed by atoms with E-state index >= 15 is 0 Å². The van der Waals surface area contributed by atoms with Gasteiger partial charge in [0, 0.05) is 36.7 Å². The SMILES string of the molecule is Cc1cc(C)n2nc(CC(=O)NCc3cnn(C)c3)nc2n1.